The molecule has 3 heteroatoms. The van der Waals surface area contributed by atoms with Gasteiger partial charge in [0.2, 0.25) is 5.91 Å². The number of likely N-dealkylation sites (tertiary alicyclic amines) is 1. The van der Waals surface area contributed by atoms with E-state index in [4.69, 9.17) is 5.73 Å². The summed E-state index contributed by atoms with van der Waals surface area (Å²) in [5, 5.41) is 0. The molecule has 2 aliphatic carbocycles. The monoisotopic (exact) mass is 292 g/mol. The Labute approximate surface area is 129 Å². The lowest BCUT2D eigenvalue weighted by molar-refractivity contribution is -0.134. The summed E-state index contributed by atoms with van der Waals surface area (Å²) in [7, 11) is 0. The molecule has 120 valence electrons. The number of nitrogens with zero attached hydrogens (tertiary/aromatic N) is 1. The molecule has 1 heterocycles. The highest BCUT2D eigenvalue weighted by molar-refractivity contribution is 5.77. The Morgan fingerprint density at radius 3 is 2.24 bits per heavy atom. The van der Waals surface area contributed by atoms with Crippen molar-refractivity contribution in [2.24, 2.45) is 23.5 Å². The SMILES string of the molecule is NCC1CCC(CC(=O)N2CCCC2C2CCCC2)CC1. The zero-order valence-electron chi connectivity index (χ0n) is 13.4. The van der Waals surface area contributed by atoms with Crippen molar-refractivity contribution >= 4 is 5.91 Å². The van der Waals surface area contributed by atoms with Gasteiger partial charge in [-0.25, -0.2) is 0 Å². The Morgan fingerprint density at radius 1 is 0.905 bits per heavy atom. The number of hydrogen-bond donors (Lipinski definition) is 1. The maximum atomic E-state index is 12.7. The van der Waals surface area contributed by atoms with Crippen LogP contribution in [0.5, 0.6) is 0 Å². The Balaban J connectivity index is 1.50. The van der Waals surface area contributed by atoms with Gasteiger partial charge in [0, 0.05) is 19.0 Å². The van der Waals surface area contributed by atoms with E-state index in [1.54, 1.807) is 0 Å². The average Bonchev–Trinajstić information content (AvgIpc) is 3.18. The predicted molar refractivity (Wildman–Crippen MR) is 85.8 cm³/mol. The van der Waals surface area contributed by atoms with Crippen molar-refractivity contribution in [2.75, 3.05) is 13.1 Å². The Kier molecular flexibility index (Phi) is 5.20. The molecule has 3 nitrogen and oxygen atoms in total. The van der Waals surface area contributed by atoms with E-state index in [9.17, 15) is 4.79 Å². The van der Waals surface area contributed by atoms with Crippen molar-refractivity contribution in [2.45, 2.75) is 76.7 Å². The first-order valence-electron chi connectivity index (χ1n) is 9.27. The second-order valence-corrected chi connectivity index (χ2v) is 7.67. The Morgan fingerprint density at radius 2 is 1.57 bits per heavy atom. The van der Waals surface area contributed by atoms with Gasteiger partial charge in [0.15, 0.2) is 0 Å². The van der Waals surface area contributed by atoms with Crippen LogP contribution in [0.15, 0.2) is 0 Å². The van der Waals surface area contributed by atoms with Gasteiger partial charge in [-0.05, 0) is 75.7 Å². The molecule has 1 atom stereocenters. The third-order valence-corrected chi connectivity index (χ3v) is 6.33. The third kappa shape index (κ3) is 3.61. The summed E-state index contributed by atoms with van der Waals surface area (Å²) in [6, 6.07) is 0.584. The van der Waals surface area contributed by atoms with Gasteiger partial charge in [-0.3, -0.25) is 4.79 Å². The lowest BCUT2D eigenvalue weighted by Gasteiger charge is -2.32. The number of nitrogens with two attached hydrogens (primary N) is 1. The number of hydrogen-bond acceptors (Lipinski definition) is 2. The van der Waals surface area contributed by atoms with E-state index in [0.29, 0.717) is 17.9 Å². The highest BCUT2D eigenvalue weighted by atomic mass is 16.2. The summed E-state index contributed by atoms with van der Waals surface area (Å²) < 4.78 is 0. The van der Waals surface area contributed by atoms with E-state index in [-0.39, 0.29) is 0 Å². The maximum absolute atomic E-state index is 12.7. The van der Waals surface area contributed by atoms with Crippen LogP contribution in [0.1, 0.15) is 70.6 Å². The van der Waals surface area contributed by atoms with Crippen LogP contribution >= 0.6 is 0 Å². The van der Waals surface area contributed by atoms with Crippen LogP contribution in [0.25, 0.3) is 0 Å². The van der Waals surface area contributed by atoms with E-state index in [2.05, 4.69) is 4.90 Å². The molecule has 3 fully saturated rings. The fourth-order valence-electron chi connectivity index (χ4n) is 4.97. The van der Waals surface area contributed by atoms with Crippen LogP contribution in [0.3, 0.4) is 0 Å². The van der Waals surface area contributed by atoms with E-state index >= 15 is 0 Å². The number of carbonyl (C=O) groups is 1. The highest BCUT2D eigenvalue weighted by Gasteiger charge is 2.36. The first-order valence-corrected chi connectivity index (χ1v) is 9.27. The van der Waals surface area contributed by atoms with E-state index < -0.39 is 0 Å². The molecule has 1 saturated heterocycles. The molecule has 0 spiro atoms. The summed E-state index contributed by atoms with van der Waals surface area (Å²) in [4.78, 5) is 15.0. The zero-order chi connectivity index (χ0) is 14.7. The van der Waals surface area contributed by atoms with E-state index in [0.717, 1.165) is 31.3 Å². The second kappa shape index (κ2) is 7.13. The predicted octanol–water partition coefficient (Wildman–Crippen LogP) is 3.32. The molecule has 3 aliphatic rings. The van der Waals surface area contributed by atoms with Crippen LogP contribution in [0.4, 0.5) is 0 Å². The van der Waals surface area contributed by atoms with Gasteiger partial charge in [-0.15, -0.1) is 0 Å². The first kappa shape index (κ1) is 15.3. The molecule has 1 unspecified atom stereocenters. The molecule has 0 bridgehead atoms. The van der Waals surface area contributed by atoms with Crippen molar-refractivity contribution < 1.29 is 4.79 Å². The standard InChI is InChI=1S/C18H32N2O/c19-13-15-9-7-14(8-10-15)12-18(21)20-11-3-6-17(20)16-4-1-2-5-16/h14-17H,1-13,19H2. The fraction of sp³-hybridized carbons (Fsp3) is 0.944. The zero-order valence-corrected chi connectivity index (χ0v) is 13.4. The van der Waals surface area contributed by atoms with Gasteiger partial charge in [-0.2, -0.15) is 0 Å². The van der Waals surface area contributed by atoms with Gasteiger partial charge < -0.3 is 10.6 Å². The molecule has 2 saturated carbocycles. The molecule has 0 aromatic rings. The Hall–Kier alpha value is -0.570. The smallest absolute Gasteiger partial charge is 0.223 e. The molecular formula is C18H32N2O. The van der Waals surface area contributed by atoms with Crippen molar-refractivity contribution in [1.29, 1.82) is 0 Å². The molecule has 1 aliphatic heterocycles. The van der Waals surface area contributed by atoms with Crippen molar-refractivity contribution in [1.82, 2.24) is 4.90 Å². The molecule has 2 N–H and O–H groups in total. The lowest BCUT2D eigenvalue weighted by Crippen LogP contribution is -2.40. The van der Waals surface area contributed by atoms with Gasteiger partial charge in [0.25, 0.3) is 0 Å². The minimum atomic E-state index is 0.459. The first-order chi connectivity index (χ1) is 10.3. The number of amides is 1. The number of rotatable bonds is 4. The normalized spacial score (nSPS) is 34.5. The molecular weight excluding hydrogens is 260 g/mol. The van der Waals surface area contributed by atoms with Crippen LogP contribution < -0.4 is 5.73 Å². The van der Waals surface area contributed by atoms with Crippen LogP contribution in [-0.4, -0.2) is 29.9 Å². The highest BCUT2D eigenvalue weighted by Crippen LogP contribution is 2.37. The third-order valence-electron chi connectivity index (χ3n) is 6.33. The summed E-state index contributed by atoms with van der Waals surface area (Å²) in [6.45, 7) is 1.86. The fourth-order valence-corrected chi connectivity index (χ4v) is 4.97. The minimum absolute atomic E-state index is 0.459. The average molecular weight is 292 g/mol. The minimum Gasteiger partial charge on any atom is -0.339 e. The largest absolute Gasteiger partial charge is 0.339 e. The second-order valence-electron chi connectivity index (χ2n) is 7.67. The quantitative estimate of drug-likeness (QED) is 0.864. The summed E-state index contributed by atoms with van der Waals surface area (Å²) in [6.07, 6.45) is 13.7. The summed E-state index contributed by atoms with van der Waals surface area (Å²) >= 11 is 0. The summed E-state index contributed by atoms with van der Waals surface area (Å²) in [5.74, 6) is 2.62. The molecule has 0 aromatic carbocycles. The molecule has 21 heavy (non-hydrogen) atoms. The lowest BCUT2D eigenvalue weighted by atomic mass is 9.80. The van der Waals surface area contributed by atoms with E-state index in [1.165, 1.54) is 64.2 Å². The molecule has 1 amide bonds. The molecule has 3 rings (SSSR count). The van der Waals surface area contributed by atoms with Crippen LogP contribution in [-0.2, 0) is 4.79 Å². The number of carbonyl (C=O) groups excluding carboxylic acids is 1. The van der Waals surface area contributed by atoms with Gasteiger partial charge in [0.1, 0.15) is 0 Å². The topological polar surface area (TPSA) is 46.3 Å². The molecule has 0 aromatic heterocycles. The van der Waals surface area contributed by atoms with Gasteiger partial charge in [-0.1, -0.05) is 12.8 Å². The van der Waals surface area contributed by atoms with E-state index in [1.807, 2.05) is 0 Å². The van der Waals surface area contributed by atoms with Crippen molar-refractivity contribution in [3.8, 4) is 0 Å². The Bertz CT molecular complexity index is 343. The molecule has 0 radical (unpaired) electrons. The van der Waals surface area contributed by atoms with Crippen molar-refractivity contribution in [3.63, 3.8) is 0 Å². The van der Waals surface area contributed by atoms with Crippen molar-refractivity contribution in [3.05, 3.63) is 0 Å². The van der Waals surface area contributed by atoms with Gasteiger partial charge >= 0.3 is 0 Å². The van der Waals surface area contributed by atoms with Gasteiger partial charge in [0.05, 0.1) is 0 Å². The van der Waals surface area contributed by atoms with Crippen LogP contribution in [0.2, 0.25) is 0 Å². The maximum Gasteiger partial charge on any atom is 0.223 e. The van der Waals surface area contributed by atoms with Crippen LogP contribution in [0, 0.1) is 17.8 Å². The summed E-state index contributed by atoms with van der Waals surface area (Å²) in [5.41, 5.74) is 5.76.